The summed E-state index contributed by atoms with van der Waals surface area (Å²) in [5.41, 5.74) is 7.87. The fourth-order valence-corrected chi connectivity index (χ4v) is 4.78. The minimum atomic E-state index is 0.115. The Hall–Kier alpha value is -3.72. The van der Waals surface area contributed by atoms with Gasteiger partial charge in [0.25, 0.3) is 0 Å². The fraction of sp³-hybridized carbons (Fsp3) is 0.290. The second-order valence-electron chi connectivity index (χ2n) is 9.86. The first-order valence-corrected chi connectivity index (χ1v) is 12.5. The smallest absolute Gasteiger partial charge is 0.167 e. The van der Waals surface area contributed by atoms with Crippen LogP contribution in [0.1, 0.15) is 43.9 Å². The SMILES string of the molecule is Cc1cc(CC(=O)c2ccc(C)c(C#Cc3cnc4ccccn34)c2)cc(CN2CCN(C)CC2)c1. The molecule has 5 rings (SSSR count). The molecule has 1 fully saturated rings. The van der Waals surface area contributed by atoms with E-state index in [1.807, 2.05) is 53.9 Å². The van der Waals surface area contributed by atoms with Gasteiger partial charge in [-0.2, -0.15) is 0 Å². The van der Waals surface area contributed by atoms with E-state index in [0.717, 1.165) is 60.8 Å². The Morgan fingerprint density at radius 1 is 0.944 bits per heavy atom. The number of aryl methyl sites for hydroxylation is 2. The molecule has 2 aromatic heterocycles. The van der Waals surface area contributed by atoms with Crippen molar-refractivity contribution in [1.82, 2.24) is 19.2 Å². The number of carbonyl (C=O) groups is 1. The molecule has 1 saturated heterocycles. The van der Waals surface area contributed by atoms with Gasteiger partial charge < -0.3 is 4.90 Å². The van der Waals surface area contributed by atoms with E-state index in [1.54, 1.807) is 6.20 Å². The summed E-state index contributed by atoms with van der Waals surface area (Å²) < 4.78 is 1.97. The fourth-order valence-electron chi connectivity index (χ4n) is 4.78. The number of imidazole rings is 1. The predicted molar refractivity (Wildman–Crippen MR) is 144 cm³/mol. The second-order valence-corrected chi connectivity index (χ2v) is 9.86. The molecule has 1 aliphatic rings. The van der Waals surface area contributed by atoms with Gasteiger partial charge in [0, 0.05) is 56.5 Å². The Bertz CT molecular complexity index is 1460. The molecule has 0 aliphatic carbocycles. The molecule has 2 aromatic carbocycles. The third-order valence-corrected chi connectivity index (χ3v) is 6.87. The van der Waals surface area contributed by atoms with Gasteiger partial charge in [-0.1, -0.05) is 47.9 Å². The molecule has 36 heavy (non-hydrogen) atoms. The molecule has 5 heteroatoms. The highest BCUT2D eigenvalue weighted by molar-refractivity contribution is 5.98. The lowest BCUT2D eigenvalue weighted by Gasteiger charge is -2.32. The molecule has 0 spiro atoms. The van der Waals surface area contributed by atoms with Gasteiger partial charge in [0.05, 0.1) is 6.20 Å². The molecule has 3 heterocycles. The van der Waals surface area contributed by atoms with Crippen LogP contribution in [-0.2, 0) is 13.0 Å². The number of pyridine rings is 1. The molecule has 4 aromatic rings. The number of rotatable bonds is 5. The molecule has 0 unspecified atom stereocenters. The van der Waals surface area contributed by atoms with E-state index in [9.17, 15) is 4.79 Å². The number of nitrogens with zero attached hydrogens (tertiary/aromatic N) is 4. The van der Waals surface area contributed by atoms with E-state index in [-0.39, 0.29) is 5.78 Å². The van der Waals surface area contributed by atoms with Crippen LogP contribution >= 0.6 is 0 Å². The van der Waals surface area contributed by atoms with Crippen molar-refractivity contribution in [3.05, 3.63) is 106 Å². The molecule has 0 N–H and O–H groups in total. The van der Waals surface area contributed by atoms with Crippen LogP contribution in [0.4, 0.5) is 0 Å². The third kappa shape index (κ3) is 5.57. The van der Waals surface area contributed by atoms with Crippen LogP contribution in [0, 0.1) is 25.7 Å². The summed E-state index contributed by atoms with van der Waals surface area (Å²) in [7, 11) is 2.18. The Kier molecular flexibility index (Phi) is 6.99. The van der Waals surface area contributed by atoms with Gasteiger partial charge in [-0.25, -0.2) is 4.98 Å². The van der Waals surface area contributed by atoms with E-state index < -0.39 is 0 Å². The van der Waals surface area contributed by atoms with Crippen LogP contribution in [0.3, 0.4) is 0 Å². The quantitative estimate of drug-likeness (QED) is 0.314. The molecular weight excluding hydrogens is 444 g/mol. The number of Topliss-reactive ketones (excluding diaryl/α,β-unsaturated/α-hetero) is 1. The number of benzene rings is 2. The van der Waals surface area contributed by atoms with Gasteiger partial charge in [0.15, 0.2) is 5.78 Å². The maximum Gasteiger partial charge on any atom is 0.167 e. The second kappa shape index (κ2) is 10.5. The maximum atomic E-state index is 13.3. The topological polar surface area (TPSA) is 40.9 Å². The van der Waals surface area contributed by atoms with Crippen molar-refractivity contribution in [2.45, 2.75) is 26.8 Å². The Morgan fingerprint density at radius 3 is 2.58 bits per heavy atom. The van der Waals surface area contributed by atoms with Crippen molar-refractivity contribution in [2.75, 3.05) is 33.2 Å². The van der Waals surface area contributed by atoms with Gasteiger partial charge in [0.2, 0.25) is 0 Å². The molecule has 0 atom stereocenters. The zero-order valence-electron chi connectivity index (χ0n) is 21.3. The summed E-state index contributed by atoms with van der Waals surface area (Å²) in [5.74, 6) is 6.60. The molecule has 0 saturated carbocycles. The normalized spacial score (nSPS) is 14.5. The molecule has 0 amide bonds. The molecule has 5 nitrogen and oxygen atoms in total. The Morgan fingerprint density at radius 2 is 1.75 bits per heavy atom. The lowest BCUT2D eigenvalue weighted by Crippen LogP contribution is -2.43. The van der Waals surface area contributed by atoms with Crippen LogP contribution in [-0.4, -0.2) is 58.2 Å². The number of hydrogen-bond acceptors (Lipinski definition) is 4. The summed E-state index contributed by atoms with van der Waals surface area (Å²) in [6, 6.07) is 18.3. The van der Waals surface area contributed by atoms with Crippen LogP contribution < -0.4 is 0 Å². The van der Waals surface area contributed by atoms with E-state index in [2.05, 4.69) is 58.8 Å². The van der Waals surface area contributed by atoms with Gasteiger partial charge in [0.1, 0.15) is 11.3 Å². The van der Waals surface area contributed by atoms with E-state index in [1.165, 1.54) is 11.1 Å². The lowest BCUT2D eigenvalue weighted by molar-refractivity contribution is 0.0993. The largest absolute Gasteiger partial charge is 0.304 e. The molecule has 0 radical (unpaired) electrons. The highest BCUT2D eigenvalue weighted by Crippen LogP contribution is 2.18. The standard InChI is InChI=1S/C31H32N4O/c1-23-16-25(18-26(17-23)22-34-14-12-33(3)13-15-34)19-30(36)28-8-7-24(2)27(20-28)9-10-29-21-32-31-6-4-5-11-35(29)31/h4-8,11,16-18,20-21H,12-15,19,22H2,1-3H3. The summed E-state index contributed by atoms with van der Waals surface area (Å²) in [6.07, 6.45) is 4.13. The monoisotopic (exact) mass is 476 g/mol. The lowest BCUT2D eigenvalue weighted by atomic mass is 9.97. The first-order valence-electron chi connectivity index (χ1n) is 12.5. The van der Waals surface area contributed by atoms with E-state index in [0.29, 0.717) is 12.0 Å². The highest BCUT2D eigenvalue weighted by atomic mass is 16.1. The van der Waals surface area contributed by atoms with Crippen molar-refractivity contribution in [2.24, 2.45) is 0 Å². The minimum Gasteiger partial charge on any atom is -0.304 e. The number of ketones is 1. The average molecular weight is 477 g/mol. The van der Waals surface area contributed by atoms with Crippen LogP contribution in [0.25, 0.3) is 5.65 Å². The van der Waals surface area contributed by atoms with Crippen molar-refractivity contribution in [3.63, 3.8) is 0 Å². The number of likely N-dealkylation sites (N-methyl/N-ethyl adjacent to an activating group) is 1. The number of aromatic nitrogens is 2. The van der Waals surface area contributed by atoms with E-state index >= 15 is 0 Å². The summed E-state index contributed by atoms with van der Waals surface area (Å²) in [4.78, 5) is 22.5. The maximum absolute atomic E-state index is 13.3. The van der Waals surface area contributed by atoms with Gasteiger partial charge >= 0.3 is 0 Å². The van der Waals surface area contributed by atoms with E-state index in [4.69, 9.17) is 0 Å². The van der Waals surface area contributed by atoms with Gasteiger partial charge in [-0.05, 0) is 61.7 Å². The zero-order chi connectivity index (χ0) is 25.1. The van der Waals surface area contributed by atoms with Crippen molar-refractivity contribution in [3.8, 4) is 11.8 Å². The highest BCUT2D eigenvalue weighted by Gasteiger charge is 2.15. The van der Waals surface area contributed by atoms with Crippen molar-refractivity contribution in [1.29, 1.82) is 0 Å². The average Bonchev–Trinajstić information content (AvgIpc) is 3.28. The van der Waals surface area contributed by atoms with Gasteiger partial charge in [-0.15, -0.1) is 0 Å². The zero-order valence-corrected chi connectivity index (χ0v) is 21.3. The van der Waals surface area contributed by atoms with Crippen LogP contribution in [0.5, 0.6) is 0 Å². The summed E-state index contributed by atoms with van der Waals surface area (Å²) in [5, 5.41) is 0. The molecule has 1 aliphatic heterocycles. The molecular formula is C31H32N4O. The first-order chi connectivity index (χ1) is 17.4. The number of carbonyl (C=O) groups excluding carboxylic acids is 1. The van der Waals surface area contributed by atoms with Crippen LogP contribution in [0.15, 0.2) is 67.0 Å². The van der Waals surface area contributed by atoms with Crippen LogP contribution in [0.2, 0.25) is 0 Å². The van der Waals surface area contributed by atoms with Crippen molar-refractivity contribution < 1.29 is 4.79 Å². The molecule has 0 bridgehead atoms. The summed E-state index contributed by atoms with van der Waals surface area (Å²) in [6.45, 7) is 9.45. The first kappa shape index (κ1) is 24.0. The summed E-state index contributed by atoms with van der Waals surface area (Å²) >= 11 is 0. The number of hydrogen-bond donors (Lipinski definition) is 0. The minimum absolute atomic E-state index is 0.115. The van der Waals surface area contributed by atoms with Gasteiger partial charge in [-0.3, -0.25) is 14.1 Å². The molecule has 182 valence electrons. The Balaban J connectivity index is 1.32. The number of fused-ring (bicyclic) bond motifs is 1. The Labute approximate surface area is 213 Å². The number of piperazine rings is 1. The van der Waals surface area contributed by atoms with Crippen molar-refractivity contribution >= 4 is 11.4 Å². The predicted octanol–water partition coefficient (Wildman–Crippen LogP) is 4.52. The third-order valence-electron chi connectivity index (χ3n) is 6.87.